The van der Waals surface area contributed by atoms with E-state index in [2.05, 4.69) is 41.1 Å². The number of aromatic nitrogens is 1. The highest BCUT2D eigenvalue weighted by Crippen LogP contribution is 2.22. The lowest BCUT2D eigenvalue weighted by molar-refractivity contribution is 0.112. The molecule has 0 unspecified atom stereocenters. The Labute approximate surface area is 139 Å². The van der Waals surface area contributed by atoms with Crippen LogP contribution in [0.3, 0.4) is 0 Å². The van der Waals surface area contributed by atoms with E-state index >= 15 is 0 Å². The second-order valence-corrected chi connectivity index (χ2v) is 6.40. The van der Waals surface area contributed by atoms with Crippen molar-refractivity contribution in [2.75, 3.05) is 47.3 Å². The van der Waals surface area contributed by atoms with E-state index in [0.717, 1.165) is 31.6 Å². The number of piperazine rings is 1. The Morgan fingerprint density at radius 3 is 2.74 bits per heavy atom. The van der Waals surface area contributed by atoms with E-state index in [4.69, 9.17) is 0 Å². The first-order valence-electron chi connectivity index (χ1n) is 8.32. The first-order valence-corrected chi connectivity index (χ1v) is 8.32. The van der Waals surface area contributed by atoms with Crippen molar-refractivity contribution in [3.63, 3.8) is 0 Å². The van der Waals surface area contributed by atoms with Crippen LogP contribution < -0.4 is 5.32 Å². The van der Waals surface area contributed by atoms with E-state index < -0.39 is 0 Å². The van der Waals surface area contributed by atoms with Gasteiger partial charge in [0.05, 0.1) is 6.04 Å². The van der Waals surface area contributed by atoms with Gasteiger partial charge in [-0.2, -0.15) is 0 Å². The van der Waals surface area contributed by atoms with Crippen molar-refractivity contribution in [2.24, 2.45) is 0 Å². The molecule has 6 nitrogen and oxygen atoms in total. The van der Waals surface area contributed by atoms with E-state index in [0.29, 0.717) is 12.6 Å². The Morgan fingerprint density at radius 1 is 1.39 bits per heavy atom. The molecule has 1 N–H and O–H groups in total. The van der Waals surface area contributed by atoms with Crippen LogP contribution in [-0.2, 0) is 0 Å². The van der Waals surface area contributed by atoms with Crippen LogP contribution in [0.2, 0.25) is 0 Å². The highest BCUT2D eigenvalue weighted by molar-refractivity contribution is 5.74. The molecule has 1 aliphatic rings. The summed E-state index contributed by atoms with van der Waals surface area (Å²) in [5.74, 6) is 0. The van der Waals surface area contributed by atoms with Gasteiger partial charge in [0.2, 0.25) is 0 Å². The van der Waals surface area contributed by atoms with Crippen molar-refractivity contribution in [3.8, 4) is 0 Å². The molecule has 0 saturated carbocycles. The number of carbonyl (C=O) groups excluding carboxylic acids is 1. The lowest BCUT2D eigenvalue weighted by Gasteiger charge is -2.38. The molecule has 6 heteroatoms. The standard InChI is InChI=1S/C17H29N5O/c1-5-16(14-6-8-18-9-7-14)22(4)17(23)19-12-15-13-20(2)10-11-21(15)3/h6-9,15-16H,5,10-13H2,1-4H3,(H,19,23)/t15-,16-/m0/s1. The summed E-state index contributed by atoms with van der Waals surface area (Å²) in [6, 6.07) is 4.37. The first-order chi connectivity index (χ1) is 11.0. The maximum atomic E-state index is 12.5. The van der Waals surface area contributed by atoms with Gasteiger partial charge in [-0.1, -0.05) is 6.92 Å². The second-order valence-electron chi connectivity index (χ2n) is 6.40. The van der Waals surface area contributed by atoms with Crippen LogP contribution in [0.15, 0.2) is 24.5 Å². The topological polar surface area (TPSA) is 51.7 Å². The third kappa shape index (κ3) is 4.65. The lowest BCUT2D eigenvalue weighted by Crippen LogP contribution is -2.55. The minimum atomic E-state index is -0.0183. The number of rotatable bonds is 5. The molecule has 2 rings (SSSR count). The number of pyridine rings is 1. The van der Waals surface area contributed by atoms with E-state index in [1.54, 1.807) is 17.3 Å². The van der Waals surface area contributed by atoms with Gasteiger partial charge in [-0.05, 0) is 38.2 Å². The van der Waals surface area contributed by atoms with Gasteiger partial charge < -0.3 is 15.1 Å². The summed E-state index contributed by atoms with van der Waals surface area (Å²) >= 11 is 0. The average Bonchev–Trinajstić information content (AvgIpc) is 2.57. The maximum Gasteiger partial charge on any atom is 0.317 e. The van der Waals surface area contributed by atoms with Gasteiger partial charge >= 0.3 is 6.03 Å². The molecule has 2 atom stereocenters. The average molecular weight is 319 g/mol. The Bertz CT molecular complexity index is 495. The number of amides is 2. The van der Waals surface area contributed by atoms with Gasteiger partial charge in [-0.3, -0.25) is 9.88 Å². The van der Waals surface area contributed by atoms with E-state index in [1.165, 1.54) is 0 Å². The van der Waals surface area contributed by atoms with Crippen LogP contribution in [0.5, 0.6) is 0 Å². The van der Waals surface area contributed by atoms with E-state index in [-0.39, 0.29) is 12.1 Å². The van der Waals surface area contributed by atoms with Crippen LogP contribution in [0, 0.1) is 0 Å². The predicted molar refractivity (Wildman–Crippen MR) is 92.3 cm³/mol. The monoisotopic (exact) mass is 319 g/mol. The third-order valence-electron chi connectivity index (χ3n) is 4.73. The van der Waals surface area contributed by atoms with Crippen molar-refractivity contribution in [1.29, 1.82) is 0 Å². The van der Waals surface area contributed by atoms with Gasteiger partial charge in [0.15, 0.2) is 0 Å². The molecule has 23 heavy (non-hydrogen) atoms. The second kappa shape index (κ2) is 8.26. The summed E-state index contributed by atoms with van der Waals surface area (Å²) in [4.78, 5) is 23.0. The zero-order valence-corrected chi connectivity index (χ0v) is 14.7. The van der Waals surface area contributed by atoms with Crippen molar-refractivity contribution in [1.82, 2.24) is 25.0 Å². The van der Waals surface area contributed by atoms with E-state index in [1.807, 2.05) is 19.2 Å². The van der Waals surface area contributed by atoms with Crippen molar-refractivity contribution < 1.29 is 4.79 Å². The van der Waals surface area contributed by atoms with E-state index in [9.17, 15) is 4.79 Å². The molecule has 2 heterocycles. The minimum Gasteiger partial charge on any atom is -0.336 e. The van der Waals surface area contributed by atoms with Gasteiger partial charge in [0, 0.05) is 51.7 Å². The molecule has 2 amide bonds. The summed E-state index contributed by atoms with van der Waals surface area (Å²) in [7, 11) is 6.12. The molecule has 1 saturated heterocycles. The molecule has 0 aromatic carbocycles. The van der Waals surface area contributed by atoms with Crippen LogP contribution in [0.25, 0.3) is 0 Å². The summed E-state index contributed by atoms with van der Waals surface area (Å²) in [5.41, 5.74) is 1.12. The Hall–Kier alpha value is -1.66. The van der Waals surface area contributed by atoms with Crippen LogP contribution in [0.4, 0.5) is 4.79 Å². The molecule has 1 aromatic heterocycles. The first kappa shape index (κ1) is 17.7. The van der Waals surface area contributed by atoms with Crippen LogP contribution >= 0.6 is 0 Å². The highest BCUT2D eigenvalue weighted by atomic mass is 16.2. The molecule has 128 valence electrons. The molecule has 1 aliphatic heterocycles. The van der Waals surface area contributed by atoms with Crippen molar-refractivity contribution >= 4 is 6.03 Å². The molecule has 0 aliphatic carbocycles. The predicted octanol–water partition coefficient (Wildman–Crippen LogP) is 1.42. The number of likely N-dealkylation sites (N-methyl/N-ethyl adjacent to an activating group) is 2. The Kier molecular flexibility index (Phi) is 6.36. The molecule has 0 radical (unpaired) electrons. The van der Waals surface area contributed by atoms with Gasteiger partial charge in [0.1, 0.15) is 0 Å². The summed E-state index contributed by atoms with van der Waals surface area (Å²) in [6.45, 7) is 5.89. The SMILES string of the molecule is CC[C@@H](c1ccncc1)N(C)C(=O)NC[C@H]1CN(C)CCN1C. The largest absolute Gasteiger partial charge is 0.336 e. The molecular weight excluding hydrogens is 290 g/mol. The normalized spacial score (nSPS) is 21.0. The minimum absolute atomic E-state index is 0.0183. The fraction of sp³-hybridized carbons (Fsp3) is 0.647. The van der Waals surface area contributed by atoms with Crippen molar-refractivity contribution in [3.05, 3.63) is 30.1 Å². The fourth-order valence-electron chi connectivity index (χ4n) is 3.11. The summed E-state index contributed by atoms with van der Waals surface area (Å²) < 4.78 is 0. The van der Waals surface area contributed by atoms with Crippen molar-refractivity contribution in [2.45, 2.75) is 25.4 Å². The number of nitrogens with one attached hydrogen (secondary N) is 1. The molecule has 1 fully saturated rings. The summed E-state index contributed by atoms with van der Waals surface area (Å²) in [6.07, 6.45) is 4.42. The number of nitrogens with zero attached hydrogens (tertiary/aromatic N) is 4. The Morgan fingerprint density at radius 2 is 2.09 bits per heavy atom. The Balaban J connectivity index is 1.91. The fourth-order valence-corrected chi connectivity index (χ4v) is 3.11. The number of hydrogen-bond donors (Lipinski definition) is 1. The van der Waals surface area contributed by atoms with Gasteiger partial charge in [-0.15, -0.1) is 0 Å². The third-order valence-corrected chi connectivity index (χ3v) is 4.73. The van der Waals surface area contributed by atoms with Gasteiger partial charge in [-0.25, -0.2) is 4.79 Å². The molecular formula is C17H29N5O. The molecule has 0 spiro atoms. The summed E-state index contributed by atoms with van der Waals surface area (Å²) in [5, 5.41) is 3.09. The van der Waals surface area contributed by atoms with Crippen LogP contribution in [0.1, 0.15) is 24.9 Å². The molecule has 1 aromatic rings. The van der Waals surface area contributed by atoms with Gasteiger partial charge in [0.25, 0.3) is 0 Å². The zero-order valence-electron chi connectivity index (χ0n) is 14.7. The number of hydrogen-bond acceptors (Lipinski definition) is 4. The quantitative estimate of drug-likeness (QED) is 0.892. The maximum absolute atomic E-state index is 12.5. The number of carbonyl (C=O) groups is 1. The van der Waals surface area contributed by atoms with Crippen LogP contribution in [-0.4, -0.2) is 79.1 Å². The molecule has 0 bridgehead atoms. The smallest absolute Gasteiger partial charge is 0.317 e. The lowest BCUT2D eigenvalue weighted by atomic mass is 10.1. The zero-order chi connectivity index (χ0) is 16.8. The highest BCUT2D eigenvalue weighted by Gasteiger charge is 2.24. The number of urea groups is 1.